The molecular weight excluding hydrogens is 172 g/mol. The lowest BCUT2D eigenvalue weighted by molar-refractivity contribution is 0.560. The van der Waals surface area contributed by atoms with Crippen LogP contribution in [0.25, 0.3) is 11.0 Å². The summed E-state index contributed by atoms with van der Waals surface area (Å²) < 4.78 is 5.73. The van der Waals surface area contributed by atoms with Crippen LogP contribution in [0.5, 0.6) is 0 Å². The molecule has 1 heterocycles. The Bertz CT molecular complexity index is 409. The van der Waals surface area contributed by atoms with E-state index in [9.17, 15) is 0 Å². The van der Waals surface area contributed by atoms with Crippen LogP contribution in [0, 0.1) is 27.7 Å². The molecule has 1 nitrogen and oxygen atoms in total. The Balaban J connectivity index is 2.83. The molecule has 72 valence electrons. The smallest absolute Gasteiger partial charge is 0.212 e. The molecule has 0 aliphatic rings. The molecule has 0 atom stereocenters. The lowest BCUT2D eigenvalue weighted by Crippen LogP contribution is -1.85. The third-order valence-electron chi connectivity index (χ3n) is 2.82. The fraction of sp³-hybridized carbons (Fsp3) is 0.308. The zero-order valence-electron chi connectivity index (χ0n) is 9.14. The van der Waals surface area contributed by atoms with Gasteiger partial charge in [-0.05, 0) is 44.0 Å². The molecule has 0 unspecified atom stereocenters. The molecule has 2 aromatic rings. The molecule has 2 rings (SSSR count). The van der Waals surface area contributed by atoms with E-state index in [-0.39, 0.29) is 0 Å². The standard InChI is InChI=1S/C13H15O/c1-8-5-12-6-10(3)11(4)14-13(12)7-9(8)2/h5-7H,1-4H3/q+1. The normalized spacial score (nSPS) is 10.9. The van der Waals surface area contributed by atoms with E-state index >= 15 is 0 Å². The third kappa shape index (κ3) is 1.39. The van der Waals surface area contributed by atoms with Crippen molar-refractivity contribution in [3.8, 4) is 0 Å². The summed E-state index contributed by atoms with van der Waals surface area (Å²) in [6.07, 6.45) is 0. The van der Waals surface area contributed by atoms with E-state index in [1.165, 1.54) is 22.1 Å². The Hall–Kier alpha value is -1.37. The fourth-order valence-corrected chi connectivity index (χ4v) is 1.59. The van der Waals surface area contributed by atoms with Crippen LogP contribution in [-0.4, -0.2) is 0 Å². The van der Waals surface area contributed by atoms with Crippen molar-refractivity contribution in [2.24, 2.45) is 0 Å². The van der Waals surface area contributed by atoms with E-state index in [2.05, 4.69) is 39.0 Å². The van der Waals surface area contributed by atoms with E-state index in [4.69, 9.17) is 4.42 Å². The van der Waals surface area contributed by atoms with Crippen LogP contribution in [0.2, 0.25) is 0 Å². The van der Waals surface area contributed by atoms with Crippen molar-refractivity contribution in [2.45, 2.75) is 27.7 Å². The summed E-state index contributed by atoms with van der Waals surface area (Å²) >= 11 is 0. The van der Waals surface area contributed by atoms with Gasteiger partial charge in [0.1, 0.15) is 0 Å². The highest BCUT2D eigenvalue weighted by molar-refractivity contribution is 5.79. The van der Waals surface area contributed by atoms with Gasteiger partial charge in [0.05, 0.1) is 12.3 Å². The Kier molecular flexibility index (Phi) is 2.03. The summed E-state index contributed by atoms with van der Waals surface area (Å²) in [6, 6.07) is 6.47. The molecule has 14 heavy (non-hydrogen) atoms. The second-order valence-electron chi connectivity index (χ2n) is 3.96. The average molecular weight is 187 g/mol. The number of hydrogen-bond donors (Lipinski definition) is 0. The first-order valence-corrected chi connectivity index (χ1v) is 4.89. The van der Waals surface area contributed by atoms with Gasteiger partial charge >= 0.3 is 11.3 Å². The minimum absolute atomic E-state index is 0.983. The number of benzene rings is 1. The predicted octanol–water partition coefficient (Wildman–Crippen LogP) is 3.95. The van der Waals surface area contributed by atoms with Gasteiger partial charge in [0, 0.05) is 11.6 Å². The van der Waals surface area contributed by atoms with Gasteiger partial charge in [0.25, 0.3) is 0 Å². The van der Waals surface area contributed by atoms with E-state index < -0.39 is 0 Å². The maximum absolute atomic E-state index is 5.73. The molecule has 0 amide bonds. The number of aryl methyl sites for hydroxylation is 4. The van der Waals surface area contributed by atoms with Crippen LogP contribution in [-0.2, 0) is 0 Å². The molecule has 0 aliphatic carbocycles. The third-order valence-corrected chi connectivity index (χ3v) is 2.82. The summed E-state index contributed by atoms with van der Waals surface area (Å²) in [5.41, 5.74) is 4.79. The van der Waals surface area contributed by atoms with Crippen LogP contribution in [0.15, 0.2) is 22.6 Å². The molecule has 0 bridgehead atoms. The first kappa shape index (κ1) is 9.20. The molecule has 0 radical (unpaired) electrons. The first-order valence-electron chi connectivity index (χ1n) is 4.89. The summed E-state index contributed by atoms with van der Waals surface area (Å²) in [6.45, 7) is 8.32. The van der Waals surface area contributed by atoms with Crippen LogP contribution >= 0.6 is 0 Å². The molecule has 0 N–H and O–H groups in total. The van der Waals surface area contributed by atoms with Crippen molar-refractivity contribution in [3.63, 3.8) is 0 Å². The minimum Gasteiger partial charge on any atom is -0.212 e. The predicted molar refractivity (Wildman–Crippen MR) is 59.6 cm³/mol. The van der Waals surface area contributed by atoms with Gasteiger partial charge in [-0.15, -0.1) is 0 Å². The van der Waals surface area contributed by atoms with Crippen molar-refractivity contribution in [1.82, 2.24) is 0 Å². The highest BCUT2D eigenvalue weighted by Gasteiger charge is 2.12. The van der Waals surface area contributed by atoms with Gasteiger partial charge < -0.3 is 0 Å². The van der Waals surface area contributed by atoms with Crippen LogP contribution in [0.1, 0.15) is 22.5 Å². The van der Waals surface area contributed by atoms with Crippen molar-refractivity contribution in [3.05, 3.63) is 40.6 Å². The number of hydrogen-bond acceptors (Lipinski definition) is 0. The summed E-state index contributed by atoms with van der Waals surface area (Å²) in [5, 5.41) is 1.19. The van der Waals surface area contributed by atoms with Gasteiger partial charge in [-0.2, -0.15) is 0 Å². The molecule has 0 aliphatic heterocycles. The Morgan fingerprint density at radius 1 is 0.786 bits per heavy atom. The van der Waals surface area contributed by atoms with E-state index in [1.807, 2.05) is 6.92 Å². The average Bonchev–Trinajstić information content (AvgIpc) is 2.11. The summed E-state index contributed by atoms with van der Waals surface area (Å²) in [5.74, 6) is 1.00. The second-order valence-corrected chi connectivity index (χ2v) is 3.96. The SMILES string of the molecule is Cc1cc2cc(C)c(C)[o+]c2cc1C. The topological polar surface area (TPSA) is 11.3 Å². The van der Waals surface area contributed by atoms with E-state index in [0.717, 1.165) is 11.3 Å². The molecule has 1 aromatic carbocycles. The van der Waals surface area contributed by atoms with E-state index in [0.29, 0.717) is 0 Å². The fourth-order valence-electron chi connectivity index (χ4n) is 1.59. The quantitative estimate of drug-likeness (QED) is 0.568. The Morgan fingerprint density at radius 3 is 2.07 bits per heavy atom. The molecule has 0 fully saturated rings. The molecular formula is C13H15O+. The summed E-state index contributed by atoms with van der Waals surface area (Å²) in [7, 11) is 0. The molecule has 0 saturated heterocycles. The van der Waals surface area contributed by atoms with Crippen molar-refractivity contribution in [1.29, 1.82) is 0 Å². The lowest BCUT2D eigenvalue weighted by atomic mass is 10.1. The minimum atomic E-state index is 0.983. The second kappa shape index (κ2) is 3.09. The lowest BCUT2D eigenvalue weighted by Gasteiger charge is -1.98. The van der Waals surface area contributed by atoms with Gasteiger partial charge in [0.15, 0.2) is 0 Å². The van der Waals surface area contributed by atoms with Gasteiger partial charge in [-0.25, -0.2) is 4.42 Å². The monoisotopic (exact) mass is 187 g/mol. The van der Waals surface area contributed by atoms with Gasteiger partial charge in [0.2, 0.25) is 0 Å². The van der Waals surface area contributed by atoms with Crippen molar-refractivity contribution < 1.29 is 4.42 Å². The van der Waals surface area contributed by atoms with Crippen LogP contribution < -0.4 is 0 Å². The zero-order valence-corrected chi connectivity index (χ0v) is 9.14. The Morgan fingerprint density at radius 2 is 1.36 bits per heavy atom. The van der Waals surface area contributed by atoms with Crippen LogP contribution in [0.4, 0.5) is 0 Å². The number of rotatable bonds is 0. The van der Waals surface area contributed by atoms with Crippen molar-refractivity contribution >= 4 is 11.0 Å². The van der Waals surface area contributed by atoms with Gasteiger partial charge in [-0.3, -0.25) is 0 Å². The maximum atomic E-state index is 5.73. The summed E-state index contributed by atoms with van der Waals surface area (Å²) in [4.78, 5) is 0. The molecule has 0 spiro atoms. The number of fused-ring (bicyclic) bond motifs is 1. The van der Waals surface area contributed by atoms with Crippen molar-refractivity contribution in [2.75, 3.05) is 0 Å². The van der Waals surface area contributed by atoms with Crippen LogP contribution in [0.3, 0.4) is 0 Å². The zero-order chi connectivity index (χ0) is 10.3. The first-order chi connectivity index (χ1) is 6.58. The van der Waals surface area contributed by atoms with E-state index in [1.54, 1.807) is 0 Å². The largest absolute Gasteiger partial charge is 0.360 e. The highest BCUT2D eigenvalue weighted by atomic mass is 16.3. The molecule has 0 saturated carbocycles. The highest BCUT2D eigenvalue weighted by Crippen LogP contribution is 2.22. The maximum Gasteiger partial charge on any atom is 0.360 e. The molecule has 1 aromatic heterocycles. The molecule has 1 heteroatoms. The Labute approximate surface area is 84.4 Å². The van der Waals surface area contributed by atoms with Gasteiger partial charge in [-0.1, -0.05) is 0 Å².